The van der Waals surface area contributed by atoms with Crippen LogP contribution >= 0.6 is 0 Å². The number of nitrogens with zero attached hydrogens (tertiary/aromatic N) is 3. The van der Waals surface area contributed by atoms with Crippen LogP contribution in [0.2, 0.25) is 0 Å². The van der Waals surface area contributed by atoms with E-state index in [0.717, 1.165) is 73.6 Å². The number of benzene rings is 7. The zero-order valence-electron chi connectivity index (χ0n) is 26.6. The van der Waals surface area contributed by atoms with Gasteiger partial charge in [-0.3, -0.25) is 0 Å². The molecule has 1 aliphatic heterocycles. The van der Waals surface area contributed by atoms with Crippen molar-refractivity contribution in [2.75, 3.05) is 4.90 Å². The van der Waals surface area contributed by atoms with Crippen LogP contribution in [0.15, 0.2) is 156 Å². The van der Waals surface area contributed by atoms with E-state index in [1.165, 1.54) is 27.9 Å². The van der Waals surface area contributed by atoms with Crippen LogP contribution in [0.1, 0.15) is 11.1 Å². The van der Waals surface area contributed by atoms with Crippen molar-refractivity contribution in [3.8, 4) is 27.9 Å². The molecule has 0 unspecified atom stereocenters. The van der Waals surface area contributed by atoms with Gasteiger partial charge in [0.25, 0.3) is 0 Å². The van der Waals surface area contributed by atoms with Crippen molar-refractivity contribution in [3.05, 3.63) is 174 Å². The summed E-state index contributed by atoms with van der Waals surface area (Å²) in [6, 6.07) is 53.9. The summed E-state index contributed by atoms with van der Waals surface area (Å²) in [5.74, 6) is 0. The molecule has 4 heteroatoms. The van der Waals surface area contributed by atoms with E-state index in [4.69, 9.17) is 11.0 Å². The predicted molar refractivity (Wildman–Crippen MR) is 202 cm³/mol. The first kappa shape index (κ1) is 27.5. The molecule has 3 heterocycles. The van der Waals surface area contributed by atoms with Crippen molar-refractivity contribution in [2.24, 2.45) is 0 Å². The van der Waals surface area contributed by atoms with Gasteiger partial charge in [-0.25, -0.2) is 4.85 Å². The maximum Gasteiger partial charge on any atom is 0.188 e. The maximum atomic E-state index is 7.62. The Morgan fingerprint density at radius 1 is 0.490 bits per heavy atom. The molecule has 49 heavy (non-hydrogen) atoms. The van der Waals surface area contributed by atoms with E-state index < -0.39 is 0 Å². The largest absolute Gasteiger partial charge is 0.456 e. The van der Waals surface area contributed by atoms with Crippen molar-refractivity contribution >= 4 is 55.1 Å². The van der Waals surface area contributed by atoms with Crippen molar-refractivity contribution in [1.82, 2.24) is 4.57 Å². The van der Waals surface area contributed by atoms with Gasteiger partial charge in [-0.2, -0.15) is 0 Å². The second-order valence-corrected chi connectivity index (χ2v) is 12.9. The molecule has 0 atom stereocenters. The Morgan fingerprint density at radius 3 is 2.02 bits per heavy atom. The second-order valence-electron chi connectivity index (χ2n) is 12.9. The molecule has 7 aromatic carbocycles. The average molecular weight is 628 g/mol. The topological polar surface area (TPSA) is 25.7 Å². The van der Waals surface area contributed by atoms with Crippen molar-refractivity contribution in [1.29, 1.82) is 0 Å². The summed E-state index contributed by atoms with van der Waals surface area (Å²) in [7, 11) is 0. The number of aromatic nitrogens is 1. The highest BCUT2D eigenvalue weighted by molar-refractivity contribution is 6.10. The molecule has 9 aromatic rings. The molecule has 4 nitrogen and oxygen atoms in total. The van der Waals surface area contributed by atoms with Crippen LogP contribution in [0.3, 0.4) is 0 Å². The van der Waals surface area contributed by atoms with Crippen LogP contribution in [0.25, 0.3) is 76.5 Å². The lowest BCUT2D eigenvalue weighted by molar-refractivity contribution is 0.669. The highest BCUT2D eigenvalue weighted by Crippen LogP contribution is 2.41. The monoisotopic (exact) mass is 627 g/mol. The third kappa shape index (κ3) is 4.37. The van der Waals surface area contributed by atoms with Gasteiger partial charge in [-0.1, -0.05) is 84.9 Å². The molecule has 0 N–H and O–H groups in total. The molecule has 0 amide bonds. The Morgan fingerprint density at radius 2 is 1.16 bits per heavy atom. The summed E-state index contributed by atoms with van der Waals surface area (Å²) >= 11 is 0. The van der Waals surface area contributed by atoms with Crippen LogP contribution in [-0.4, -0.2) is 4.57 Å². The van der Waals surface area contributed by atoms with Crippen LogP contribution < -0.4 is 4.90 Å². The van der Waals surface area contributed by atoms with Crippen LogP contribution in [0.4, 0.5) is 11.4 Å². The molecule has 0 saturated carbocycles. The van der Waals surface area contributed by atoms with E-state index >= 15 is 0 Å². The molecular formula is C45H29N3O. The van der Waals surface area contributed by atoms with E-state index in [2.05, 4.69) is 142 Å². The third-order valence-corrected chi connectivity index (χ3v) is 10.1. The van der Waals surface area contributed by atoms with Crippen molar-refractivity contribution < 1.29 is 4.42 Å². The van der Waals surface area contributed by atoms with Crippen molar-refractivity contribution in [3.63, 3.8) is 0 Å². The van der Waals surface area contributed by atoms with Crippen LogP contribution in [0, 0.1) is 6.57 Å². The molecule has 0 bridgehead atoms. The molecule has 2 aromatic heterocycles. The number of rotatable bonds is 3. The number of furan rings is 1. The van der Waals surface area contributed by atoms with Crippen LogP contribution in [-0.2, 0) is 13.1 Å². The minimum atomic E-state index is 0.653. The summed E-state index contributed by atoms with van der Waals surface area (Å²) in [5, 5.41) is 4.52. The minimum absolute atomic E-state index is 0.653. The highest BCUT2D eigenvalue weighted by Gasteiger charge is 2.22. The fraction of sp³-hybridized carbons (Fsp3) is 0.0444. The van der Waals surface area contributed by atoms with Crippen LogP contribution in [0.5, 0.6) is 0 Å². The molecule has 0 fully saturated rings. The smallest absolute Gasteiger partial charge is 0.188 e. The van der Waals surface area contributed by atoms with Gasteiger partial charge < -0.3 is 13.9 Å². The molecular weight excluding hydrogens is 599 g/mol. The van der Waals surface area contributed by atoms with Crippen molar-refractivity contribution in [2.45, 2.75) is 13.1 Å². The van der Waals surface area contributed by atoms with Gasteiger partial charge >= 0.3 is 0 Å². The summed E-state index contributed by atoms with van der Waals surface area (Å²) in [6.07, 6.45) is 0. The molecule has 0 spiro atoms. The fourth-order valence-corrected chi connectivity index (χ4v) is 7.74. The lowest BCUT2D eigenvalue weighted by Crippen LogP contribution is -2.20. The normalized spacial score (nSPS) is 12.7. The lowest BCUT2D eigenvalue weighted by Gasteiger charge is -2.24. The number of anilines is 1. The number of hydrogen-bond donors (Lipinski definition) is 0. The fourth-order valence-electron chi connectivity index (χ4n) is 7.74. The van der Waals surface area contributed by atoms with Gasteiger partial charge in [0.05, 0.1) is 17.6 Å². The Labute approximate surface area is 283 Å². The van der Waals surface area contributed by atoms with E-state index in [1.807, 2.05) is 24.3 Å². The second kappa shape index (κ2) is 10.7. The van der Waals surface area contributed by atoms with Gasteiger partial charge in [0.1, 0.15) is 11.2 Å². The Hall–Kier alpha value is -6.57. The molecule has 230 valence electrons. The molecule has 10 rings (SSSR count). The number of para-hydroxylation sites is 3. The van der Waals surface area contributed by atoms with Gasteiger partial charge in [0.15, 0.2) is 5.69 Å². The number of fused-ring (bicyclic) bond motifs is 9. The first-order valence-electron chi connectivity index (χ1n) is 16.6. The third-order valence-electron chi connectivity index (χ3n) is 10.1. The molecule has 0 aliphatic carbocycles. The summed E-state index contributed by atoms with van der Waals surface area (Å²) in [6.45, 7) is 9.23. The first-order chi connectivity index (χ1) is 24.2. The molecule has 0 saturated heterocycles. The Bertz CT molecular complexity index is 2800. The standard InChI is InChI=1S/C45H29N3O/c1-46-33-19-22-43-41(25-33)36-11-5-7-13-42(36)48(43)35-20-17-32-28-47(34-9-3-2-4-10-34)27-31-16-15-29(23-39(31)40(32)26-35)30-18-21-38-37-12-6-8-14-44(37)49-45(38)24-30/h2-26H,27-28H2. The Balaban J connectivity index is 1.18. The quantitative estimate of drug-likeness (QED) is 0.182. The van der Waals surface area contributed by atoms with E-state index in [9.17, 15) is 0 Å². The zero-order valence-corrected chi connectivity index (χ0v) is 26.6. The minimum Gasteiger partial charge on any atom is -0.456 e. The maximum absolute atomic E-state index is 7.62. The highest BCUT2D eigenvalue weighted by atomic mass is 16.3. The van der Waals surface area contributed by atoms with Gasteiger partial charge in [-0.15, -0.1) is 0 Å². The van der Waals surface area contributed by atoms with E-state index in [0.29, 0.717) is 5.69 Å². The summed E-state index contributed by atoms with van der Waals surface area (Å²) < 4.78 is 8.63. The first-order valence-corrected chi connectivity index (χ1v) is 16.6. The van der Waals surface area contributed by atoms with Gasteiger partial charge in [0.2, 0.25) is 0 Å². The van der Waals surface area contributed by atoms with E-state index in [1.54, 1.807) is 0 Å². The van der Waals surface area contributed by atoms with Gasteiger partial charge in [0, 0.05) is 40.6 Å². The average Bonchev–Trinajstić information content (AvgIpc) is 3.64. The zero-order chi connectivity index (χ0) is 32.5. The number of hydrogen-bond acceptors (Lipinski definition) is 2. The molecule has 1 aliphatic rings. The molecule has 0 radical (unpaired) electrons. The lowest BCUT2D eigenvalue weighted by atomic mass is 9.92. The predicted octanol–water partition coefficient (Wildman–Crippen LogP) is 12.1. The summed E-state index contributed by atoms with van der Waals surface area (Å²) in [5.41, 5.74) is 14.4. The SMILES string of the molecule is [C-]#[N+]c1ccc2c(c1)c1ccccc1n2-c1ccc2c(c1)-c1cc(-c3ccc4c(c3)oc3ccccc34)ccc1CN(c1ccccc1)C2. The Kier molecular flexibility index (Phi) is 6.03. The van der Waals surface area contributed by atoms with Gasteiger partial charge in [-0.05, 0) is 105 Å². The van der Waals surface area contributed by atoms with E-state index in [-0.39, 0.29) is 0 Å². The summed E-state index contributed by atoms with van der Waals surface area (Å²) in [4.78, 5) is 6.19.